The van der Waals surface area contributed by atoms with Crippen molar-refractivity contribution in [3.63, 3.8) is 0 Å². The molecule has 2 aliphatic rings. The van der Waals surface area contributed by atoms with E-state index in [9.17, 15) is 24.6 Å². The van der Waals surface area contributed by atoms with Gasteiger partial charge in [-0.25, -0.2) is 4.79 Å². The van der Waals surface area contributed by atoms with E-state index in [2.05, 4.69) is 5.32 Å². The number of hydrogen-bond donors (Lipinski definition) is 4. The van der Waals surface area contributed by atoms with Crippen molar-refractivity contribution < 1.29 is 55.6 Å². The fourth-order valence-electron chi connectivity index (χ4n) is 2.85. The van der Waals surface area contributed by atoms with Gasteiger partial charge in [0, 0.05) is 5.75 Å². The normalized spacial score (nSPS) is 22.7. The number of hydrogen-bond acceptors (Lipinski definition) is 6. The molecule has 5 N–H and O–H groups in total. The molecule has 0 aromatic heterocycles. The first-order chi connectivity index (χ1) is 11.8. The van der Waals surface area contributed by atoms with Crippen LogP contribution in [-0.2, 0) is 14.4 Å². The molecule has 0 saturated carbocycles. The fraction of sp³-hybridized carbons (Fsp3) is 0.312. The van der Waals surface area contributed by atoms with Crippen LogP contribution in [0.5, 0.6) is 5.75 Å². The molecular formula is C16H18N3NaO5S. The summed E-state index contributed by atoms with van der Waals surface area (Å²) in [7, 11) is 0. The van der Waals surface area contributed by atoms with E-state index in [1.807, 2.05) is 0 Å². The average molecular weight is 387 g/mol. The molecule has 2 heterocycles. The monoisotopic (exact) mass is 387 g/mol. The van der Waals surface area contributed by atoms with Gasteiger partial charge in [-0.2, -0.15) is 0 Å². The van der Waals surface area contributed by atoms with Gasteiger partial charge in [-0.05, 0) is 30.2 Å². The van der Waals surface area contributed by atoms with Crippen molar-refractivity contribution in [1.82, 2.24) is 10.2 Å². The van der Waals surface area contributed by atoms with Gasteiger partial charge in [0.25, 0.3) is 5.91 Å². The molecule has 3 rings (SSSR count). The Morgan fingerprint density at radius 2 is 2.00 bits per heavy atom. The number of phenolic OH excluding ortho intramolecular Hbond substituents is 1. The molecule has 0 bridgehead atoms. The van der Waals surface area contributed by atoms with Gasteiger partial charge in [-0.15, -0.1) is 11.8 Å². The number of aromatic hydroxyl groups is 1. The van der Waals surface area contributed by atoms with Crippen molar-refractivity contribution in [3.8, 4) is 5.75 Å². The third-order valence-corrected chi connectivity index (χ3v) is 5.62. The van der Waals surface area contributed by atoms with Crippen LogP contribution in [0.4, 0.5) is 0 Å². The number of nitrogens with zero attached hydrogens (tertiary/aromatic N) is 1. The third-order valence-electron chi connectivity index (χ3n) is 4.19. The van der Waals surface area contributed by atoms with Crippen LogP contribution < -0.4 is 40.6 Å². The molecule has 0 unspecified atom stereocenters. The summed E-state index contributed by atoms with van der Waals surface area (Å²) in [5.74, 6) is -1.61. The zero-order valence-electron chi connectivity index (χ0n) is 15.3. The number of benzene rings is 1. The maximum atomic E-state index is 12.3. The van der Waals surface area contributed by atoms with Gasteiger partial charge in [0.05, 0.1) is 0 Å². The number of carboxylic acid groups (broad SMARTS) is 1. The van der Waals surface area contributed by atoms with E-state index in [1.165, 1.54) is 40.9 Å². The minimum absolute atomic E-state index is 0. The Bertz CT molecular complexity index is 789. The standard InChI is InChI=1S/C16H17N3O5S.Na.H/c1-7-6-25-15-11(14(22)19(15)12(7)16(23)24)18-13(21)10(17)8-2-4-9(20)5-3-8;;/h2-5,10-11,15,20H,6,17H2,1H3,(H,18,21)(H,23,24);;/q;+1;-1/t10-,11-,15-;;/m1../s1. The van der Waals surface area contributed by atoms with E-state index in [-0.39, 0.29) is 42.4 Å². The Labute approximate surface area is 177 Å². The smallest absolute Gasteiger partial charge is 1.00 e. The van der Waals surface area contributed by atoms with Crippen LogP contribution in [0.1, 0.15) is 20.0 Å². The van der Waals surface area contributed by atoms with Crippen molar-refractivity contribution in [2.45, 2.75) is 24.4 Å². The van der Waals surface area contributed by atoms with E-state index >= 15 is 0 Å². The molecule has 1 saturated heterocycles. The zero-order chi connectivity index (χ0) is 18.3. The van der Waals surface area contributed by atoms with Crippen LogP contribution in [0.25, 0.3) is 0 Å². The van der Waals surface area contributed by atoms with Gasteiger partial charge in [0.15, 0.2) is 0 Å². The van der Waals surface area contributed by atoms with Crippen LogP contribution in [0.15, 0.2) is 35.5 Å². The Morgan fingerprint density at radius 1 is 1.38 bits per heavy atom. The zero-order valence-corrected chi connectivity index (χ0v) is 17.1. The quantitative estimate of drug-likeness (QED) is 0.326. The van der Waals surface area contributed by atoms with E-state index in [0.29, 0.717) is 16.9 Å². The average Bonchev–Trinajstić information content (AvgIpc) is 2.58. The largest absolute Gasteiger partial charge is 1.00 e. The molecule has 0 radical (unpaired) electrons. The predicted molar refractivity (Wildman–Crippen MR) is 91.5 cm³/mol. The second-order valence-corrected chi connectivity index (χ2v) is 7.00. The minimum atomic E-state index is -1.15. The van der Waals surface area contributed by atoms with Gasteiger partial charge in [-0.3, -0.25) is 14.5 Å². The van der Waals surface area contributed by atoms with Gasteiger partial charge < -0.3 is 22.7 Å². The van der Waals surface area contributed by atoms with Crippen LogP contribution in [0.2, 0.25) is 0 Å². The number of thioether (sulfide) groups is 1. The predicted octanol–water partition coefficient (Wildman–Crippen LogP) is -2.73. The van der Waals surface area contributed by atoms with Crippen LogP contribution >= 0.6 is 11.8 Å². The molecule has 0 aliphatic carbocycles. The summed E-state index contributed by atoms with van der Waals surface area (Å²) in [6, 6.07) is 4.09. The summed E-state index contributed by atoms with van der Waals surface area (Å²) in [5, 5.41) is 20.7. The van der Waals surface area contributed by atoms with Crippen molar-refractivity contribution >= 4 is 29.5 Å². The minimum Gasteiger partial charge on any atom is -1.00 e. The van der Waals surface area contributed by atoms with Crippen LogP contribution in [0.3, 0.4) is 0 Å². The number of amides is 2. The molecular weight excluding hydrogens is 369 g/mol. The van der Waals surface area contributed by atoms with Crippen molar-refractivity contribution in [2.24, 2.45) is 5.73 Å². The second kappa shape index (κ2) is 8.01. The molecule has 8 nitrogen and oxygen atoms in total. The molecule has 2 amide bonds. The maximum Gasteiger partial charge on any atom is 1.00 e. The molecule has 3 atom stereocenters. The summed E-state index contributed by atoms with van der Waals surface area (Å²) in [6.07, 6.45) is 0. The summed E-state index contributed by atoms with van der Waals surface area (Å²) in [4.78, 5) is 37.2. The Hall–Kier alpha value is -1.52. The van der Waals surface area contributed by atoms with E-state index in [0.717, 1.165) is 0 Å². The number of carbonyl (C=O) groups is 3. The number of nitrogens with one attached hydrogen (secondary N) is 1. The van der Waals surface area contributed by atoms with Crippen LogP contribution in [-0.4, -0.2) is 50.1 Å². The number of carboxylic acids is 1. The molecule has 26 heavy (non-hydrogen) atoms. The van der Waals surface area contributed by atoms with Gasteiger partial charge >= 0.3 is 35.5 Å². The number of nitrogens with two attached hydrogens (primary N) is 1. The molecule has 0 spiro atoms. The number of β-lactam (4-membered cyclic amide) rings is 1. The summed E-state index contributed by atoms with van der Waals surface area (Å²) >= 11 is 1.40. The van der Waals surface area contributed by atoms with Crippen molar-refractivity contribution in [2.75, 3.05) is 5.75 Å². The van der Waals surface area contributed by atoms with Crippen LogP contribution in [0, 0.1) is 0 Å². The summed E-state index contributed by atoms with van der Waals surface area (Å²) < 4.78 is 0. The van der Waals surface area contributed by atoms with Gasteiger partial charge in [0.1, 0.15) is 28.9 Å². The Kier molecular flexibility index (Phi) is 6.41. The van der Waals surface area contributed by atoms with E-state index < -0.39 is 35.2 Å². The van der Waals surface area contributed by atoms with Gasteiger partial charge in [-0.1, -0.05) is 12.1 Å². The SMILES string of the molecule is CC1=C(C(=O)O)N2C(=O)[C@@H](NC(=O)[C@H](N)c3ccc(O)cc3)[C@H]2SC1.[H-].[Na+]. The molecule has 2 aliphatic heterocycles. The Morgan fingerprint density at radius 3 is 2.58 bits per heavy atom. The van der Waals surface area contributed by atoms with Gasteiger partial charge in [0.2, 0.25) is 5.91 Å². The molecule has 10 heteroatoms. The molecule has 1 fully saturated rings. The third kappa shape index (κ3) is 3.63. The molecule has 1 aromatic carbocycles. The van der Waals surface area contributed by atoms with E-state index in [1.54, 1.807) is 6.92 Å². The first-order valence-electron chi connectivity index (χ1n) is 7.54. The second-order valence-electron chi connectivity index (χ2n) is 5.90. The summed E-state index contributed by atoms with van der Waals surface area (Å²) in [5.41, 5.74) is 7.00. The Balaban J connectivity index is 0.00000182. The number of rotatable bonds is 4. The number of phenols is 1. The molecule has 134 valence electrons. The summed E-state index contributed by atoms with van der Waals surface area (Å²) in [6.45, 7) is 1.67. The first kappa shape index (κ1) is 20.8. The topological polar surface area (TPSA) is 133 Å². The number of fused-ring (bicyclic) bond motifs is 1. The van der Waals surface area contributed by atoms with E-state index in [4.69, 9.17) is 5.73 Å². The fourth-order valence-corrected chi connectivity index (χ4v) is 4.14. The number of carbonyl (C=O) groups excluding carboxylic acids is 2. The number of aliphatic carboxylic acids is 1. The maximum absolute atomic E-state index is 12.3. The van der Waals surface area contributed by atoms with Crippen molar-refractivity contribution in [3.05, 3.63) is 41.1 Å². The first-order valence-corrected chi connectivity index (χ1v) is 8.58. The molecule has 1 aromatic rings. The van der Waals surface area contributed by atoms with Crippen molar-refractivity contribution in [1.29, 1.82) is 0 Å².